The normalized spacial score (nSPS) is 12.9. The van der Waals surface area contributed by atoms with Gasteiger partial charge in [0.15, 0.2) is 0 Å². The smallest absolute Gasteiger partial charge is 0.138 e. The molecule has 0 saturated heterocycles. The molecule has 0 bridgehead atoms. The van der Waals surface area contributed by atoms with Crippen molar-refractivity contribution in [3.8, 4) is 0 Å². The van der Waals surface area contributed by atoms with Gasteiger partial charge in [0.2, 0.25) is 0 Å². The standard InChI is InChI=1S/C13H16ClN3S/c1-9-4-6-11(7-5-9)10(2)17(3)8-12-13(14)18-16-15-12/h4-7,10H,8H2,1-3H3/t10-/m1/s1. The predicted molar refractivity (Wildman–Crippen MR) is 76.0 cm³/mol. The van der Waals surface area contributed by atoms with Crippen LogP contribution in [-0.2, 0) is 6.54 Å². The van der Waals surface area contributed by atoms with Gasteiger partial charge in [-0.15, -0.1) is 5.10 Å². The van der Waals surface area contributed by atoms with Crippen molar-refractivity contribution >= 4 is 23.1 Å². The highest BCUT2D eigenvalue weighted by Gasteiger charge is 2.15. The molecule has 0 aliphatic rings. The van der Waals surface area contributed by atoms with Gasteiger partial charge in [-0.2, -0.15) is 0 Å². The fourth-order valence-corrected chi connectivity index (χ4v) is 2.38. The fraction of sp³-hybridized carbons (Fsp3) is 0.385. The third-order valence-corrected chi connectivity index (χ3v) is 4.11. The van der Waals surface area contributed by atoms with E-state index in [2.05, 4.69) is 59.6 Å². The molecular weight excluding hydrogens is 266 g/mol. The number of rotatable bonds is 4. The van der Waals surface area contributed by atoms with Gasteiger partial charge in [-0.05, 0) is 26.5 Å². The van der Waals surface area contributed by atoms with Crippen molar-refractivity contribution in [3.63, 3.8) is 0 Å². The number of aryl methyl sites for hydroxylation is 1. The fourth-order valence-electron chi connectivity index (χ4n) is 1.76. The zero-order valence-corrected chi connectivity index (χ0v) is 12.3. The highest BCUT2D eigenvalue weighted by molar-refractivity contribution is 7.10. The molecular formula is C13H16ClN3S. The lowest BCUT2D eigenvalue weighted by Crippen LogP contribution is -2.22. The molecule has 0 N–H and O–H groups in total. The van der Waals surface area contributed by atoms with E-state index in [4.69, 9.17) is 11.6 Å². The van der Waals surface area contributed by atoms with E-state index in [0.717, 1.165) is 5.69 Å². The van der Waals surface area contributed by atoms with Crippen LogP contribution in [0.25, 0.3) is 0 Å². The zero-order valence-electron chi connectivity index (χ0n) is 10.7. The van der Waals surface area contributed by atoms with Crippen LogP contribution < -0.4 is 0 Å². The molecule has 0 aliphatic carbocycles. The van der Waals surface area contributed by atoms with Crippen LogP contribution in [0.2, 0.25) is 4.34 Å². The average molecular weight is 282 g/mol. The molecule has 0 radical (unpaired) electrons. The Balaban J connectivity index is 2.07. The Kier molecular flexibility index (Phi) is 4.32. The highest BCUT2D eigenvalue weighted by atomic mass is 35.5. The molecule has 3 nitrogen and oxygen atoms in total. The van der Waals surface area contributed by atoms with Gasteiger partial charge in [0, 0.05) is 24.1 Å². The molecule has 0 unspecified atom stereocenters. The minimum absolute atomic E-state index is 0.323. The third-order valence-electron chi connectivity index (χ3n) is 3.13. The molecule has 0 fully saturated rings. The summed E-state index contributed by atoms with van der Waals surface area (Å²) in [6.45, 7) is 4.99. The van der Waals surface area contributed by atoms with Gasteiger partial charge >= 0.3 is 0 Å². The van der Waals surface area contributed by atoms with Crippen molar-refractivity contribution < 1.29 is 0 Å². The molecule has 1 aromatic heterocycles. The number of benzene rings is 1. The van der Waals surface area contributed by atoms with Crippen LogP contribution >= 0.6 is 23.1 Å². The summed E-state index contributed by atoms with van der Waals surface area (Å²) in [5, 5.41) is 4.04. The highest BCUT2D eigenvalue weighted by Crippen LogP contribution is 2.24. The third kappa shape index (κ3) is 3.07. The van der Waals surface area contributed by atoms with Crippen LogP contribution in [-0.4, -0.2) is 21.5 Å². The maximum absolute atomic E-state index is 6.02. The summed E-state index contributed by atoms with van der Waals surface area (Å²) in [6.07, 6.45) is 0. The summed E-state index contributed by atoms with van der Waals surface area (Å²) in [6, 6.07) is 8.92. The first-order chi connectivity index (χ1) is 8.58. The Morgan fingerprint density at radius 1 is 1.33 bits per heavy atom. The first kappa shape index (κ1) is 13.5. The molecule has 0 spiro atoms. The Morgan fingerprint density at radius 3 is 2.56 bits per heavy atom. The van der Waals surface area contributed by atoms with E-state index in [1.807, 2.05) is 0 Å². The van der Waals surface area contributed by atoms with E-state index in [0.29, 0.717) is 16.9 Å². The summed E-state index contributed by atoms with van der Waals surface area (Å²) >= 11 is 7.26. The van der Waals surface area contributed by atoms with Gasteiger partial charge in [-0.1, -0.05) is 45.9 Å². The molecule has 1 atom stereocenters. The summed E-state index contributed by atoms with van der Waals surface area (Å²) in [5.41, 5.74) is 3.42. The average Bonchev–Trinajstić information content (AvgIpc) is 2.75. The minimum atomic E-state index is 0.323. The van der Waals surface area contributed by atoms with Gasteiger partial charge < -0.3 is 0 Å². The van der Waals surface area contributed by atoms with E-state index in [1.165, 1.54) is 22.7 Å². The van der Waals surface area contributed by atoms with Crippen molar-refractivity contribution in [2.24, 2.45) is 0 Å². The lowest BCUT2D eigenvalue weighted by Gasteiger charge is -2.24. The summed E-state index contributed by atoms with van der Waals surface area (Å²) in [7, 11) is 2.07. The maximum atomic E-state index is 6.02. The number of hydrogen-bond donors (Lipinski definition) is 0. The van der Waals surface area contributed by atoms with E-state index >= 15 is 0 Å². The van der Waals surface area contributed by atoms with Crippen molar-refractivity contribution in [2.75, 3.05) is 7.05 Å². The van der Waals surface area contributed by atoms with Gasteiger partial charge in [0.25, 0.3) is 0 Å². The molecule has 5 heteroatoms. The molecule has 2 aromatic rings. The monoisotopic (exact) mass is 281 g/mol. The Labute approximate surface area is 117 Å². The molecule has 0 amide bonds. The molecule has 2 rings (SSSR count). The van der Waals surface area contributed by atoms with Crippen LogP contribution in [0.4, 0.5) is 0 Å². The summed E-state index contributed by atoms with van der Waals surface area (Å²) in [5.74, 6) is 0. The van der Waals surface area contributed by atoms with Gasteiger partial charge in [-0.25, -0.2) is 0 Å². The Bertz CT molecular complexity index is 509. The molecule has 1 aromatic carbocycles. The van der Waals surface area contributed by atoms with E-state index in [-0.39, 0.29) is 0 Å². The van der Waals surface area contributed by atoms with E-state index in [9.17, 15) is 0 Å². The Morgan fingerprint density at radius 2 is 2.00 bits per heavy atom. The second-order valence-corrected chi connectivity index (χ2v) is 5.85. The van der Waals surface area contributed by atoms with Crippen LogP contribution in [0.3, 0.4) is 0 Å². The first-order valence-electron chi connectivity index (χ1n) is 5.81. The number of hydrogen-bond acceptors (Lipinski definition) is 4. The van der Waals surface area contributed by atoms with Gasteiger partial charge in [0.1, 0.15) is 10.0 Å². The number of nitrogens with zero attached hydrogens (tertiary/aromatic N) is 3. The van der Waals surface area contributed by atoms with Crippen molar-refractivity contribution in [1.29, 1.82) is 0 Å². The Hall–Kier alpha value is -0.970. The van der Waals surface area contributed by atoms with Crippen LogP contribution in [0, 0.1) is 6.92 Å². The second-order valence-electron chi connectivity index (χ2n) is 4.50. The topological polar surface area (TPSA) is 29.0 Å². The quantitative estimate of drug-likeness (QED) is 0.856. The molecule has 1 heterocycles. The lowest BCUT2D eigenvalue weighted by atomic mass is 10.1. The molecule has 0 saturated carbocycles. The predicted octanol–water partition coefficient (Wildman–Crippen LogP) is 3.69. The van der Waals surface area contributed by atoms with Gasteiger partial charge in [-0.3, -0.25) is 4.90 Å². The van der Waals surface area contributed by atoms with Crippen LogP contribution in [0.1, 0.15) is 29.8 Å². The summed E-state index contributed by atoms with van der Waals surface area (Å²) in [4.78, 5) is 2.22. The minimum Gasteiger partial charge on any atom is -0.294 e. The van der Waals surface area contributed by atoms with E-state index in [1.54, 1.807) is 0 Å². The zero-order chi connectivity index (χ0) is 13.1. The van der Waals surface area contributed by atoms with Crippen LogP contribution in [0.5, 0.6) is 0 Å². The summed E-state index contributed by atoms with van der Waals surface area (Å²) < 4.78 is 4.53. The molecule has 0 aliphatic heterocycles. The maximum Gasteiger partial charge on any atom is 0.138 e. The first-order valence-corrected chi connectivity index (χ1v) is 6.96. The lowest BCUT2D eigenvalue weighted by molar-refractivity contribution is 0.250. The molecule has 96 valence electrons. The number of aromatic nitrogens is 2. The SMILES string of the molecule is Cc1ccc([C@@H](C)N(C)Cc2nnsc2Cl)cc1. The second kappa shape index (κ2) is 5.78. The molecule has 18 heavy (non-hydrogen) atoms. The van der Waals surface area contributed by atoms with Crippen molar-refractivity contribution in [2.45, 2.75) is 26.4 Å². The van der Waals surface area contributed by atoms with Crippen LogP contribution in [0.15, 0.2) is 24.3 Å². The largest absolute Gasteiger partial charge is 0.294 e. The van der Waals surface area contributed by atoms with Gasteiger partial charge in [0.05, 0.1) is 0 Å². The van der Waals surface area contributed by atoms with Crippen molar-refractivity contribution in [1.82, 2.24) is 14.5 Å². The van der Waals surface area contributed by atoms with E-state index < -0.39 is 0 Å². The number of halogens is 1. The van der Waals surface area contributed by atoms with Crippen molar-refractivity contribution in [3.05, 3.63) is 45.4 Å².